The van der Waals surface area contributed by atoms with E-state index < -0.39 is 75.7 Å². The molecule has 262 valence electrons. The highest BCUT2D eigenvalue weighted by Crippen LogP contribution is 2.70. The van der Waals surface area contributed by atoms with Crippen LogP contribution in [0.4, 0.5) is 0 Å². The summed E-state index contributed by atoms with van der Waals surface area (Å²) in [6, 6.07) is 0. The van der Waals surface area contributed by atoms with E-state index in [1.54, 1.807) is 0 Å². The molecule has 1 saturated heterocycles. The van der Waals surface area contributed by atoms with Gasteiger partial charge in [0.15, 0.2) is 6.29 Å². The van der Waals surface area contributed by atoms with Crippen LogP contribution in [0.25, 0.3) is 0 Å². The number of hydrogen-bond acceptors (Lipinski definition) is 11. The lowest BCUT2D eigenvalue weighted by Crippen LogP contribution is -2.68. The van der Waals surface area contributed by atoms with Gasteiger partial charge in [-0.2, -0.15) is 8.42 Å². The molecule has 0 bridgehead atoms. The van der Waals surface area contributed by atoms with E-state index in [0.717, 1.165) is 6.42 Å². The van der Waals surface area contributed by atoms with Gasteiger partial charge in [0.05, 0.1) is 36.6 Å². The Labute approximate surface area is 267 Å². The molecule has 0 radical (unpaired) electrons. The van der Waals surface area contributed by atoms with Crippen molar-refractivity contribution < 1.29 is 57.3 Å². The zero-order valence-electron chi connectivity index (χ0n) is 27.2. The molecule has 5 rings (SSSR count). The second kappa shape index (κ2) is 12.8. The normalized spacial score (nSPS) is 50.0. The minimum Gasteiger partial charge on any atom is -0.393 e. The van der Waals surface area contributed by atoms with Crippen LogP contribution in [0.5, 0.6) is 0 Å². The molecule has 0 spiro atoms. The molecule has 4 saturated carbocycles. The predicted octanol–water partition coefficient (Wildman–Crippen LogP) is 1.79. The maximum Gasteiger partial charge on any atom is 0.397 e. The van der Waals surface area contributed by atoms with Crippen LogP contribution < -0.4 is 0 Å². The van der Waals surface area contributed by atoms with Gasteiger partial charge in [-0.1, -0.05) is 34.6 Å². The fourth-order valence-corrected chi connectivity index (χ4v) is 11.4. The molecular weight excluding hydrogens is 608 g/mol. The fourth-order valence-electron chi connectivity index (χ4n) is 10.9. The van der Waals surface area contributed by atoms with Gasteiger partial charge in [0.2, 0.25) is 0 Å². The highest BCUT2D eigenvalue weighted by molar-refractivity contribution is 7.80. The van der Waals surface area contributed by atoms with Crippen molar-refractivity contribution in [3.8, 4) is 0 Å². The predicted molar refractivity (Wildman–Crippen MR) is 162 cm³/mol. The minimum atomic E-state index is -4.83. The average molecular weight is 665 g/mol. The Balaban J connectivity index is 1.37. The van der Waals surface area contributed by atoms with Gasteiger partial charge in [0.25, 0.3) is 0 Å². The summed E-state index contributed by atoms with van der Waals surface area (Å²) in [5.74, 6) is -1.03. The first-order chi connectivity index (χ1) is 20.8. The van der Waals surface area contributed by atoms with Gasteiger partial charge < -0.3 is 40.1 Å². The van der Waals surface area contributed by atoms with E-state index >= 15 is 0 Å². The number of aliphatic hydroxyl groups excluding tert-OH is 5. The summed E-state index contributed by atoms with van der Waals surface area (Å²) in [6.07, 6.45) is -2.95. The summed E-state index contributed by atoms with van der Waals surface area (Å²) in [4.78, 5) is 0. The number of fused-ring (bicyclic) bond motifs is 5. The van der Waals surface area contributed by atoms with Crippen molar-refractivity contribution in [2.45, 2.75) is 147 Å². The topological polar surface area (TPSA) is 203 Å². The van der Waals surface area contributed by atoms with Crippen molar-refractivity contribution in [1.82, 2.24) is 0 Å². The molecule has 12 nitrogen and oxygen atoms in total. The maximum atomic E-state index is 12.7. The van der Waals surface area contributed by atoms with Crippen LogP contribution in [0.2, 0.25) is 0 Å². The van der Waals surface area contributed by atoms with E-state index in [2.05, 4.69) is 20.8 Å². The van der Waals surface area contributed by atoms with Crippen LogP contribution in [0.3, 0.4) is 0 Å². The Hall–Kier alpha value is -0.450. The molecule has 0 aromatic carbocycles. The molecule has 5 aliphatic rings. The summed E-state index contributed by atoms with van der Waals surface area (Å²) in [5, 5.41) is 64.9. The van der Waals surface area contributed by atoms with Gasteiger partial charge in [0.1, 0.15) is 18.3 Å². The molecule has 1 heterocycles. The van der Waals surface area contributed by atoms with Gasteiger partial charge in [-0.15, -0.1) is 0 Å². The lowest BCUT2D eigenvalue weighted by molar-refractivity contribution is -0.287. The van der Waals surface area contributed by atoms with Crippen LogP contribution in [0.15, 0.2) is 0 Å². The van der Waals surface area contributed by atoms with Crippen LogP contribution in [-0.4, -0.2) is 105 Å². The highest BCUT2D eigenvalue weighted by Gasteiger charge is 2.71. The van der Waals surface area contributed by atoms with E-state index in [0.29, 0.717) is 44.9 Å². The largest absolute Gasteiger partial charge is 0.397 e. The van der Waals surface area contributed by atoms with E-state index in [-0.39, 0.29) is 48.7 Å². The van der Waals surface area contributed by atoms with Crippen molar-refractivity contribution in [2.75, 3.05) is 6.61 Å². The Bertz CT molecular complexity index is 1150. The van der Waals surface area contributed by atoms with Crippen LogP contribution in [0.1, 0.15) is 92.4 Å². The van der Waals surface area contributed by atoms with Crippen molar-refractivity contribution >= 4 is 10.4 Å². The molecule has 7 N–H and O–H groups in total. The first-order valence-corrected chi connectivity index (χ1v) is 18.2. The molecule has 45 heavy (non-hydrogen) atoms. The van der Waals surface area contributed by atoms with Crippen LogP contribution >= 0.6 is 0 Å². The molecule has 4 aliphatic carbocycles. The Kier molecular flexibility index (Phi) is 10.2. The Morgan fingerprint density at radius 3 is 2.22 bits per heavy atom. The average Bonchev–Trinajstić information content (AvgIpc) is 3.23. The van der Waals surface area contributed by atoms with E-state index in [1.807, 2.05) is 13.8 Å². The van der Waals surface area contributed by atoms with Crippen LogP contribution in [0, 0.1) is 46.3 Å². The van der Waals surface area contributed by atoms with Crippen molar-refractivity contribution in [3.05, 3.63) is 0 Å². The number of aliphatic hydroxyl groups is 6. The summed E-state index contributed by atoms with van der Waals surface area (Å²) >= 11 is 0. The molecule has 16 atom stereocenters. The first-order valence-electron chi connectivity index (χ1n) is 16.9. The lowest BCUT2D eigenvalue weighted by Gasteiger charge is -2.66. The summed E-state index contributed by atoms with van der Waals surface area (Å²) < 4.78 is 51.1. The quantitative estimate of drug-likeness (QED) is 0.176. The van der Waals surface area contributed by atoms with E-state index in [9.17, 15) is 43.6 Å². The second-order valence-corrected chi connectivity index (χ2v) is 17.1. The molecular formula is C32H56O12S. The van der Waals surface area contributed by atoms with Gasteiger partial charge in [0, 0.05) is 12.3 Å². The van der Waals surface area contributed by atoms with Crippen molar-refractivity contribution in [2.24, 2.45) is 46.3 Å². The van der Waals surface area contributed by atoms with Crippen LogP contribution in [-0.2, 0) is 24.1 Å². The molecule has 0 amide bonds. The molecule has 1 aliphatic heterocycles. The summed E-state index contributed by atoms with van der Waals surface area (Å²) in [6.45, 7) is 10.1. The molecule has 0 aromatic rings. The molecule has 0 aromatic heterocycles. The van der Waals surface area contributed by atoms with Gasteiger partial charge in [-0.25, -0.2) is 4.18 Å². The first kappa shape index (κ1) is 35.8. The summed E-state index contributed by atoms with van der Waals surface area (Å²) in [7, 11) is -4.83. The van der Waals surface area contributed by atoms with Crippen molar-refractivity contribution in [1.29, 1.82) is 0 Å². The lowest BCUT2D eigenvalue weighted by atomic mass is 9.42. The Morgan fingerprint density at radius 2 is 1.58 bits per heavy atom. The zero-order valence-corrected chi connectivity index (χ0v) is 28.1. The third-order valence-corrected chi connectivity index (χ3v) is 13.6. The maximum absolute atomic E-state index is 12.7. The van der Waals surface area contributed by atoms with E-state index in [4.69, 9.17) is 13.7 Å². The fraction of sp³-hybridized carbons (Fsp3) is 1.00. The minimum absolute atomic E-state index is 0.0313. The van der Waals surface area contributed by atoms with Gasteiger partial charge >= 0.3 is 10.4 Å². The number of hydrogen-bond donors (Lipinski definition) is 7. The zero-order chi connectivity index (χ0) is 33.3. The smallest absolute Gasteiger partial charge is 0.393 e. The number of rotatable bonds is 9. The Morgan fingerprint density at radius 1 is 0.911 bits per heavy atom. The highest BCUT2D eigenvalue weighted by atomic mass is 32.3. The van der Waals surface area contributed by atoms with Gasteiger partial charge in [-0.05, 0) is 91.8 Å². The third kappa shape index (κ3) is 6.50. The van der Waals surface area contributed by atoms with E-state index in [1.165, 1.54) is 0 Å². The molecule has 3 unspecified atom stereocenters. The second-order valence-electron chi connectivity index (χ2n) is 16.0. The van der Waals surface area contributed by atoms with Crippen molar-refractivity contribution in [3.63, 3.8) is 0 Å². The monoisotopic (exact) mass is 664 g/mol. The number of ether oxygens (including phenoxy) is 2. The summed E-state index contributed by atoms with van der Waals surface area (Å²) in [5.41, 5.74) is -2.40. The SMILES string of the molecule is CC(C)[C@H](CC[C@@H](C)[C@H]1C[C@H](OS(=O)(=O)O)C2[C@]3(O)C[C@@H](O)C4C[C@@H](O)CC[C@]4(C)C3CC[C@@]21C)O[C@@H]1OC[C@@H](O)[C@H](O)[C@H]1O. The third-order valence-electron chi connectivity index (χ3n) is 13.1. The molecule has 13 heteroatoms. The molecule has 5 fully saturated rings. The standard InChI is InChI=1S/C32H56O12S/c1-16(2)23(43-29-27(37)26(36)22(35)15-42-29)7-6-17(3)19-13-24(44-45(39,40)41)28-31(19,5)11-9-25-30(4)10-8-18(33)12-20(30)21(34)14-32(25,28)38/h16-29,33-38H,6-15H2,1-5H3,(H,39,40,41)/t17-,18+,19-,20?,21-,22-,23+,24+,25?,26+,27-,28?,29+,30+,31-,32+/m1/s1. The van der Waals surface area contributed by atoms with Gasteiger partial charge in [-0.3, -0.25) is 4.55 Å².